The lowest BCUT2D eigenvalue weighted by Gasteiger charge is -2.62. The summed E-state index contributed by atoms with van der Waals surface area (Å²) in [6, 6.07) is 1.14. The van der Waals surface area contributed by atoms with Gasteiger partial charge in [-0.25, -0.2) is 0 Å². The van der Waals surface area contributed by atoms with Crippen molar-refractivity contribution in [1.82, 2.24) is 5.32 Å². The van der Waals surface area contributed by atoms with Crippen LogP contribution in [0.5, 0.6) is 0 Å². The molecule has 10 atom stereocenters. The molecule has 4 aliphatic rings. The number of aliphatic carboxylic acids is 1. The minimum Gasteiger partial charge on any atom is -0.481 e. The van der Waals surface area contributed by atoms with Crippen LogP contribution in [-0.2, 0) is 4.79 Å². The summed E-state index contributed by atoms with van der Waals surface area (Å²) in [6.45, 7) is 11.8. The Bertz CT molecular complexity index is 665. The van der Waals surface area contributed by atoms with Crippen molar-refractivity contribution in [2.45, 2.75) is 117 Å². The Morgan fingerprint density at radius 1 is 1.00 bits per heavy atom. The van der Waals surface area contributed by atoms with E-state index in [-0.39, 0.29) is 11.5 Å². The van der Waals surface area contributed by atoms with Crippen LogP contribution in [0, 0.1) is 46.3 Å². The number of carboxylic acid groups (broad SMARTS) is 1. The van der Waals surface area contributed by atoms with Crippen molar-refractivity contribution in [3.05, 3.63) is 0 Å². The second-order valence-electron chi connectivity index (χ2n) is 12.7. The molecule has 0 aromatic heterocycles. The highest BCUT2D eigenvalue weighted by Crippen LogP contribution is 2.68. The molecule has 0 aromatic carbocycles. The fourth-order valence-electron chi connectivity index (χ4n) is 9.37. The summed E-state index contributed by atoms with van der Waals surface area (Å²) in [6.07, 6.45) is 10.7. The average Bonchev–Trinajstić information content (AvgIpc) is 3.04. The molecule has 0 saturated heterocycles. The van der Waals surface area contributed by atoms with Gasteiger partial charge < -0.3 is 15.5 Å². The van der Waals surface area contributed by atoms with Gasteiger partial charge in [-0.1, -0.05) is 34.6 Å². The third kappa shape index (κ3) is 4.09. The van der Waals surface area contributed by atoms with E-state index in [1.807, 2.05) is 0 Å². The zero-order valence-electron chi connectivity index (χ0n) is 20.6. The lowest BCUT2D eigenvalue weighted by molar-refractivity contribution is -0.167. The molecule has 2 unspecified atom stereocenters. The van der Waals surface area contributed by atoms with Crippen molar-refractivity contribution in [2.24, 2.45) is 46.3 Å². The van der Waals surface area contributed by atoms with E-state index in [9.17, 15) is 9.90 Å². The lowest BCUT2D eigenvalue weighted by Crippen LogP contribution is -2.59. The third-order valence-electron chi connectivity index (χ3n) is 10.8. The first-order chi connectivity index (χ1) is 14.6. The molecule has 0 amide bonds. The predicted molar refractivity (Wildman–Crippen MR) is 125 cm³/mol. The van der Waals surface area contributed by atoms with Crippen molar-refractivity contribution >= 4 is 5.97 Å². The number of aliphatic hydroxyl groups is 1. The van der Waals surface area contributed by atoms with E-state index in [1.54, 1.807) is 0 Å². The molecule has 4 aliphatic carbocycles. The normalized spacial score (nSPS) is 48.0. The highest BCUT2D eigenvalue weighted by Gasteiger charge is 2.62. The van der Waals surface area contributed by atoms with E-state index < -0.39 is 5.97 Å². The number of carbonyl (C=O) groups is 1. The zero-order chi connectivity index (χ0) is 22.6. The van der Waals surface area contributed by atoms with Gasteiger partial charge in [0.15, 0.2) is 0 Å². The van der Waals surface area contributed by atoms with Gasteiger partial charge in [-0.2, -0.15) is 0 Å². The van der Waals surface area contributed by atoms with E-state index in [0.29, 0.717) is 59.4 Å². The van der Waals surface area contributed by atoms with Crippen LogP contribution in [0.3, 0.4) is 0 Å². The molecule has 0 aliphatic heterocycles. The van der Waals surface area contributed by atoms with E-state index >= 15 is 0 Å². The van der Waals surface area contributed by atoms with Crippen molar-refractivity contribution < 1.29 is 15.0 Å². The number of aliphatic hydroxyl groups excluding tert-OH is 1. The SMILES string of the molecule is CC(C)NC1CC[C@@]2(C)[C@@H](C1)CC(O)[C@@H]1[C@@H]2CC[C@]2(C)[C@@H]([C@H](C)CCC(=O)O)CC[C@@H]12. The molecule has 0 radical (unpaired) electrons. The topological polar surface area (TPSA) is 69.6 Å². The van der Waals surface area contributed by atoms with Gasteiger partial charge in [-0.05, 0) is 104 Å². The van der Waals surface area contributed by atoms with Crippen LogP contribution >= 0.6 is 0 Å². The predicted octanol–water partition coefficient (Wildman–Crippen LogP) is 5.48. The van der Waals surface area contributed by atoms with Crippen molar-refractivity contribution in [3.8, 4) is 0 Å². The van der Waals surface area contributed by atoms with Gasteiger partial charge in [0.1, 0.15) is 0 Å². The number of rotatable bonds is 6. The molecule has 31 heavy (non-hydrogen) atoms. The summed E-state index contributed by atoms with van der Waals surface area (Å²) >= 11 is 0. The van der Waals surface area contributed by atoms with Crippen LogP contribution in [0.4, 0.5) is 0 Å². The maximum Gasteiger partial charge on any atom is 0.303 e. The van der Waals surface area contributed by atoms with Gasteiger partial charge in [0, 0.05) is 18.5 Å². The Kier molecular flexibility index (Phi) is 6.55. The summed E-state index contributed by atoms with van der Waals surface area (Å²) in [5, 5.41) is 24.4. The molecule has 4 heteroatoms. The van der Waals surface area contributed by atoms with Gasteiger partial charge in [0.2, 0.25) is 0 Å². The standard InChI is InChI=1S/C27H47NO3/c1-16(2)28-19-10-12-26(4)18(14-19)15-23(29)25-21-8-7-20(17(3)6-9-24(30)31)27(21,5)13-11-22(25)26/h16-23,25,28-29H,6-15H2,1-5H3,(H,30,31)/t17-,18+,19?,20-,21+,22+,23?,25+,26+,27-/m1/s1. The summed E-state index contributed by atoms with van der Waals surface area (Å²) in [5.41, 5.74) is 0.660. The Balaban J connectivity index is 1.51. The zero-order valence-corrected chi connectivity index (χ0v) is 20.6. The van der Waals surface area contributed by atoms with Gasteiger partial charge in [-0.15, -0.1) is 0 Å². The molecule has 0 bridgehead atoms. The van der Waals surface area contributed by atoms with Crippen molar-refractivity contribution in [2.75, 3.05) is 0 Å². The van der Waals surface area contributed by atoms with Gasteiger partial charge >= 0.3 is 5.97 Å². The van der Waals surface area contributed by atoms with Crippen molar-refractivity contribution in [1.29, 1.82) is 0 Å². The fourth-order valence-corrected chi connectivity index (χ4v) is 9.37. The smallest absolute Gasteiger partial charge is 0.303 e. The fraction of sp³-hybridized carbons (Fsp3) is 0.963. The summed E-state index contributed by atoms with van der Waals surface area (Å²) in [5.74, 6) is 2.77. The Hall–Kier alpha value is -0.610. The molecule has 3 N–H and O–H groups in total. The third-order valence-corrected chi connectivity index (χ3v) is 10.8. The number of fused-ring (bicyclic) bond motifs is 5. The molecule has 4 fully saturated rings. The number of nitrogens with one attached hydrogen (secondary N) is 1. The van der Waals surface area contributed by atoms with Crippen LogP contribution in [-0.4, -0.2) is 34.4 Å². The minimum absolute atomic E-state index is 0.154. The maximum atomic E-state index is 11.5. The first-order valence-corrected chi connectivity index (χ1v) is 13.2. The molecule has 0 heterocycles. The monoisotopic (exact) mass is 433 g/mol. The average molecular weight is 434 g/mol. The maximum absolute atomic E-state index is 11.5. The molecule has 4 saturated carbocycles. The van der Waals surface area contributed by atoms with Crippen molar-refractivity contribution in [3.63, 3.8) is 0 Å². The molecular weight excluding hydrogens is 386 g/mol. The van der Waals surface area contributed by atoms with Gasteiger partial charge in [0.05, 0.1) is 6.10 Å². The lowest BCUT2D eigenvalue weighted by atomic mass is 9.43. The Morgan fingerprint density at radius 2 is 1.68 bits per heavy atom. The molecule has 4 rings (SSSR count). The van der Waals surface area contributed by atoms with Gasteiger partial charge in [-0.3, -0.25) is 4.79 Å². The molecule has 0 aromatic rings. The van der Waals surface area contributed by atoms with E-state index in [0.717, 1.165) is 12.8 Å². The van der Waals surface area contributed by atoms with Crippen LogP contribution in [0.25, 0.3) is 0 Å². The Morgan fingerprint density at radius 3 is 2.35 bits per heavy atom. The summed E-state index contributed by atoms with van der Waals surface area (Å²) in [7, 11) is 0. The Labute approximate surface area is 190 Å². The van der Waals surface area contributed by atoms with Crippen LogP contribution in [0.1, 0.15) is 98.8 Å². The molecule has 4 nitrogen and oxygen atoms in total. The molecule has 0 spiro atoms. The minimum atomic E-state index is -0.667. The van der Waals surface area contributed by atoms with E-state index in [4.69, 9.17) is 5.11 Å². The number of hydrogen-bond donors (Lipinski definition) is 3. The highest BCUT2D eigenvalue weighted by atomic mass is 16.4. The molecule has 178 valence electrons. The second kappa shape index (κ2) is 8.63. The number of carboxylic acids is 1. The van der Waals surface area contributed by atoms with Crippen LogP contribution in [0.15, 0.2) is 0 Å². The number of hydrogen-bond acceptors (Lipinski definition) is 3. The van der Waals surface area contributed by atoms with Crippen LogP contribution < -0.4 is 5.32 Å². The van der Waals surface area contributed by atoms with E-state index in [1.165, 1.54) is 44.9 Å². The largest absolute Gasteiger partial charge is 0.481 e. The summed E-state index contributed by atoms with van der Waals surface area (Å²) in [4.78, 5) is 11.1. The first kappa shape index (κ1) is 23.5. The quantitative estimate of drug-likeness (QED) is 0.518. The highest BCUT2D eigenvalue weighted by molar-refractivity contribution is 5.66. The second-order valence-corrected chi connectivity index (χ2v) is 12.7. The molecular formula is C27H47NO3. The van der Waals surface area contributed by atoms with E-state index in [2.05, 4.69) is 39.9 Å². The van der Waals surface area contributed by atoms with Gasteiger partial charge in [0.25, 0.3) is 0 Å². The first-order valence-electron chi connectivity index (χ1n) is 13.2. The van der Waals surface area contributed by atoms with Crippen LogP contribution in [0.2, 0.25) is 0 Å². The summed E-state index contributed by atoms with van der Waals surface area (Å²) < 4.78 is 0.